The molecule has 0 aromatic heterocycles. The second kappa shape index (κ2) is 6.36. The molecule has 4 nitrogen and oxygen atoms in total. The monoisotopic (exact) mass is 240 g/mol. The lowest BCUT2D eigenvalue weighted by molar-refractivity contribution is -0.121. The zero-order chi connectivity index (χ0) is 12.1. The maximum Gasteiger partial charge on any atom is 0.221 e. The Balaban J connectivity index is 1.65. The molecule has 2 aliphatic heterocycles. The van der Waals surface area contributed by atoms with Gasteiger partial charge in [0.25, 0.3) is 0 Å². The molecule has 2 saturated heterocycles. The van der Waals surface area contributed by atoms with Crippen molar-refractivity contribution in [3.8, 4) is 0 Å². The highest BCUT2D eigenvalue weighted by Gasteiger charge is 2.27. The van der Waals surface area contributed by atoms with Crippen LogP contribution in [0.2, 0.25) is 0 Å². The molecule has 2 N–H and O–H groups in total. The van der Waals surface area contributed by atoms with Crippen molar-refractivity contribution < 1.29 is 9.53 Å². The number of ether oxygens (including phenoxy) is 1. The Morgan fingerprint density at radius 3 is 3.06 bits per heavy atom. The van der Waals surface area contributed by atoms with Crippen LogP contribution >= 0.6 is 0 Å². The van der Waals surface area contributed by atoms with E-state index in [0.29, 0.717) is 24.5 Å². The Kier molecular flexibility index (Phi) is 4.80. The molecule has 0 bridgehead atoms. The van der Waals surface area contributed by atoms with Crippen LogP contribution in [0.3, 0.4) is 0 Å². The van der Waals surface area contributed by atoms with Gasteiger partial charge in [0, 0.05) is 31.5 Å². The minimum Gasteiger partial charge on any atom is -0.378 e. The van der Waals surface area contributed by atoms with Crippen LogP contribution in [0.15, 0.2) is 0 Å². The number of amides is 1. The normalized spacial score (nSPS) is 32.9. The first-order valence-electron chi connectivity index (χ1n) is 6.91. The average Bonchev–Trinajstić information content (AvgIpc) is 2.96. The van der Waals surface area contributed by atoms with Gasteiger partial charge in [-0.05, 0) is 32.2 Å². The molecule has 1 amide bonds. The first kappa shape index (κ1) is 12.8. The number of hydrogen-bond donors (Lipinski definition) is 2. The molecule has 98 valence electrons. The topological polar surface area (TPSA) is 50.4 Å². The van der Waals surface area contributed by atoms with Crippen molar-refractivity contribution in [2.45, 2.75) is 51.2 Å². The molecule has 2 aliphatic rings. The average molecular weight is 240 g/mol. The summed E-state index contributed by atoms with van der Waals surface area (Å²) in [4.78, 5) is 11.8. The van der Waals surface area contributed by atoms with Crippen LogP contribution in [0, 0.1) is 5.92 Å². The lowest BCUT2D eigenvalue weighted by atomic mass is 9.99. The van der Waals surface area contributed by atoms with Gasteiger partial charge in [-0.25, -0.2) is 0 Å². The first-order chi connectivity index (χ1) is 8.29. The summed E-state index contributed by atoms with van der Waals surface area (Å²) in [6, 6.07) is 0.400. The number of nitrogens with one attached hydrogen (secondary N) is 2. The number of carbonyl (C=O) groups is 1. The third-order valence-electron chi connectivity index (χ3n) is 3.90. The van der Waals surface area contributed by atoms with Crippen LogP contribution in [0.25, 0.3) is 0 Å². The van der Waals surface area contributed by atoms with E-state index in [4.69, 9.17) is 4.74 Å². The van der Waals surface area contributed by atoms with Crippen molar-refractivity contribution in [3.63, 3.8) is 0 Å². The van der Waals surface area contributed by atoms with Crippen LogP contribution < -0.4 is 10.6 Å². The highest BCUT2D eigenvalue weighted by atomic mass is 16.5. The van der Waals surface area contributed by atoms with Crippen LogP contribution in [0.1, 0.15) is 39.0 Å². The van der Waals surface area contributed by atoms with Crippen molar-refractivity contribution in [2.75, 3.05) is 19.7 Å². The van der Waals surface area contributed by atoms with Crippen LogP contribution in [-0.2, 0) is 9.53 Å². The molecular formula is C13H24N2O2. The maximum absolute atomic E-state index is 11.8. The van der Waals surface area contributed by atoms with E-state index in [9.17, 15) is 4.79 Å². The largest absolute Gasteiger partial charge is 0.378 e. The zero-order valence-electron chi connectivity index (χ0n) is 10.7. The van der Waals surface area contributed by atoms with Gasteiger partial charge in [-0.3, -0.25) is 4.79 Å². The fraction of sp³-hybridized carbons (Fsp3) is 0.923. The van der Waals surface area contributed by atoms with E-state index in [-0.39, 0.29) is 5.91 Å². The number of hydrogen-bond acceptors (Lipinski definition) is 3. The Labute approximate surface area is 103 Å². The molecule has 0 saturated carbocycles. The molecule has 4 heteroatoms. The third-order valence-corrected chi connectivity index (χ3v) is 3.90. The predicted octanol–water partition coefficient (Wildman–Crippen LogP) is 1.06. The Bertz CT molecular complexity index is 252. The highest BCUT2D eigenvalue weighted by Crippen LogP contribution is 2.22. The first-order valence-corrected chi connectivity index (χ1v) is 6.91. The molecule has 0 aromatic rings. The molecular weight excluding hydrogens is 216 g/mol. The highest BCUT2D eigenvalue weighted by molar-refractivity contribution is 5.76. The van der Waals surface area contributed by atoms with Crippen molar-refractivity contribution in [1.82, 2.24) is 10.6 Å². The minimum absolute atomic E-state index is 0.186. The van der Waals surface area contributed by atoms with Gasteiger partial charge in [-0.2, -0.15) is 0 Å². The molecule has 2 fully saturated rings. The van der Waals surface area contributed by atoms with Crippen molar-refractivity contribution in [3.05, 3.63) is 0 Å². The van der Waals surface area contributed by atoms with E-state index in [1.54, 1.807) is 0 Å². The zero-order valence-corrected chi connectivity index (χ0v) is 10.7. The van der Waals surface area contributed by atoms with Gasteiger partial charge in [-0.1, -0.05) is 6.92 Å². The van der Waals surface area contributed by atoms with Crippen molar-refractivity contribution in [1.29, 1.82) is 0 Å². The van der Waals surface area contributed by atoms with Gasteiger partial charge in [0.1, 0.15) is 0 Å². The lowest BCUT2D eigenvalue weighted by Crippen LogP contribution is -2.36. The third kappa shape index (κ3) is 3.68. The van der Waals surface area contributed by atoms with Crippen LogP contribution in [-0.4, -0.2) is 37.7 Å². The summed E-state index contributed by atoms with van der Waals surface area (Å²) < 4.78 is 5.62. The molecule has 17 heavy (non-hydrogen) atoms. The second-order valence-corrected chi connectivity index (χ2v) is 5.17. The van der Waals surface area contributed by atoms with Crippen LogP contribution in [0.4, 0.5) is 0 Å². The quantitative estimate of drug-likeness (QED) is 0.755. The molecule has 2 rings (SSSR count). The SMILES string of the molecule is CCC1OCCC1CNC(=O)CC1CCCN1. The minimum atomic E-state index is 0.186. The summed E-state index contributed by atoms with van der Waals surface area (Å²) in [5, 5.41) is 6.41. The Hall–Kier alpha value is -0.610. The second-order valence-electron chi connectivity index (χ2n) is 5.17. The summed E-state index contributed by atoms with van der Waals surface area (Å²) in [5.74, 6) is 0.701. The lowest BCUT2D eigenvalue weighted by Gasteiger charge is -2.18. The molecule has 0 aliphatic carbocycles. The standard InChI is InChI=1S/C13H24N2O2/c1-2-12-10(5-7-17-12)9-15-13(16)8-11-4-3-6-14-11/h10-12,14H,2-9H2,1H3,(H,15,16). The Morgan fingerprint density at radius 1 is 1.47 bits per heavy atom. The molecule has 3 atom stereocenters. The summed E-state index contributed by atoms with van der Waals surface area (Å²) in [7, 11) is 0. The summed E-state index contributed by atoms with van der Waals surface area (Å²) >= 11 is 0. The fourth-order valence-corrected chi connectivity index (χ4v) is 2.85. The van der Waals surface area contributed by atoms with Gasteiger partial charge in [-0.15, -0.1) is 0 Å². The van der Waals surface area contributed by atoms with E-state index >= 15 is 0 Å². The summed E-state index contributed by atoms with van der Waals surface area (Å²) in [6.07, 6.45) is 5.44. The molecule has 0 spiro atoms. The molecule has 3 unspecified atom stereocenters. The molecule has 0 aromatic carbocycles. The smallest absolute Gasteiger partial charge is 0.221 e. The maximum atomic E-state index is 11.8. The van der Waals surface area contributed by atoms with E-state index in [1.165, 1.54) is 6.42 Å². The van der Waals surface area contributed by atoms with Gasteiger partial charge < -0.3 is 15.4 Å². The van der Waals surface area contributed by atoms with E-state index in [2.05, 4.69) is 17.6 Å². The summed E-state index contributed by atoms with van der Waals surface area (Å²) in [5.41, 5.74) is 0. The van der Waals surface area contributed by atoms with Crippen LogP contribution in [0.5, 0.6) is 0 Å². The molecule has 2 heterocycles. The Morgan fingerprint density at radius 2 is 2.35 bits per heavy atom. The number of carbonyl (C=O) groups excluding carboxylic acids is 1. The van der Waals surface area contributed by atoms with Gasteiger partial charge >= 0.3 is 0 Å². The van der Waals surface area contributed by atoms with E-state index in [0.717, 1.165) is 39.0 Å². The van der Waals surface area contributed by atoms with Gasteiger partial charge in [0.05, 0.1) is 6.10 Å². The molecule has 0 radical (unpaired) electrons. The van der Waals surface area contributed by atoms with Crippen molar-refractivity contribution in [2.24, 2.45) is 5.92 Å². The van der Waals surface area contributed by atoms with Gasteiger partial charge in [0.2, 0.25) is 5.91 Å². The summed E-state index contributed by atoms with van der Waals surface area (Å²) in [6.45, 7) is 4.84. The van der Waals surface area contributed by atoms with Gasteiger partial charge in [0.15, 0.2) is 0 Å². The predicted molar refractivity (Wildman–Crippen MR) is 66.8 cm³/mol. The van der Waals surface area contributed by atoms with E-state index in [1.807, 2.05) is 0 Å². The fourth-order valence-electron chi connectivity index (χ4n) is 2.85. The van der Waals surface area contributed by atoms with Crippen molar-refractivity contribution >= 4 is 5.91 Å². The van der Waals surface area contributed by atoms with E-state index < -0.39 is 0 Å². The number of rotatable bonds is 5.